The first-order valence-electron chi connectivity index (χ1n) is 12.3. The summed E-state index contributed by atoms with van der Waals surface area (Å²) in [6, 6.07) is 4.25. The molecule has 3 aliphatic rings. The molecule has 2 fully saturated rings. The molecule has 2 aliphatic heterocycles. The topological polar surface area (TPSA) is 73.7 Å². The number of carbonyl (C=O) groups is 1. The number of likely N-dealkylation sites (tertiary alicyclic amines) is 2. The summed E-state index contributed by atoms with van der Waals surface area (Å²) in [5.74, 6) is 0.936. The zero-order chi connectivity index (χ0) is 22.2. The van der Waals surface area contributed by atoms with Crippen molar-refractivity contribution in [3.8, 4) is 0 Å². The molecule has 2 aromatic rings. The normalized spacial score (nSPS) is 24.9. The summed E-state index contributed by atoms with van der Waals surface area (Å²) in [4.78, 5) is 35.2. The summed E-state index contributed by atoms with van der Waals surface area (Å²) < 4.78 is 1.54. The van der Waals surface area contributed by atoms with Crippen molar-refractivity contribution < 1.29 is 4.79 Å². The van der Waals surface area contributed by atoms with Crippen molar-refractivity contribution in [2.24, 2.45) is 5.92 Å². The van der Waals surface area contributed by atoms with Crippen LogP contribution in [0.2, 0.25) is 0 Å². The SMILES string of the molecule is CC(C)N1CCC(c2cc(=O)n3[nH]c([C@@H]4CCCN4C(=O)C[C@H]4C=CCC4)cc3n2)CC1. The summed E-state index contributed by atoms with van der Waals surface area (Å²) in [5.41, 5.74) is 2.45. The van der Waals surface area contributed by atoms with Gasteiger partial charge in [-0.25, -0.2) is 9.50 Å². The predicted molar refractivity (Wildman–Crippen MR) is 125 cm³/mol. The van der Waals surface area contributed by atoms with Crippen molar-refractivity contribution in [1.29, 1.82) is 0 Å². The highest BCUT2D eigenvalue weighted by molar-refractivity contribution is 5.77. The second-order valence-corrected chi connectivity index (χ2v) is 10.0. The lowest BCUT2D eigenvalue weighted by Crippen LogP contribution is -2.38. The molecule has 0 bridgehead atoms. The second kappa shape index (κ2) is 8.85. The Morgan fingerprint density at radius 3 is 2.69 bits per heavy atom. The van der Waals surface area contributed by atoms with Crippen LogP contribution in [0.1, 0.15) is 82.1 Å². The van der Waals surface area contributed by atoms with E-state index >= 15 is 0 Å². The number of aromatic nitrogens is 3. The molecule has 0 unspecified atom stereocenters. The van der Waals surface area contributed by atoms with Gasteiger partial charge in [0.25, 0.3) is 5.56 Å². The molecule has 7 nitrogen and oxygen atoms in total. The lowest BCUT2D eigenvalue weighted by Gasteiger charge is -2.34. The lowest BCUT2D eigenvalue weighted by atomic mass is 9.92. The molecule has 1 N–H and O–H groups in total. The number of H-pyrrole nitrogens is 1. The monoisotopic (exact) mass is 437 g/mol. The molecule has 0 spiro atoms. The van der Waals surface area contributed by atoms with Crippen LogP contribution in [0, 0.1) is 5.92 Å². The fourth-order valence-corrected chi connectivity index (χ4v) is 5.72. The van der Waals surface area contributed by atoms with Gasteiger partial charge in [0.1, 0.15) is 0 Å². The predicted octanol–water partition coefficient (Wildman–Crippen LogP) is 3.63. The zero-order valence-electron chi connectivity index (χ0n) is 19.3. The number of carbonyl (C=O) groups excluding carboxylic acids is 1. The third-order valence-corrected chi connectivity index (χ3v) is 7.65. The maximum absolute atomic E-state index is 13.0. The highest BCUT2D eigenvalue weighted by Crippen LogP contribution is 2.34. The van der Waals surface area contributed by atoms with Crippen molar-refractivity contribution in [2.45, 2.75) is 76.8 Å². The maximum Gasteiger partial charge on any atom is 0.272 e. The first-order valence-corrected chi connectivity index (χ1v) is 12.3. The first-order chi connectivity index (χ1) is 15.5. The maximum atomic E-state index is 13.0. The van der Waals surface area contributed by atoms with E-state index in [1.54, 1.807) is 10.6 Å². The Hall–Kier alpha value is -2.41. The minimum absolute atomic E-state index is 0.00622. The van der Waals surface area contributed by atoms with Crippen LogP contribution in [-0.4, -0.2) is 56.0 Å². The standard InChI is InChI=1S/C25H35N5O2/c1-17(2)28-12-9-19(10-13-28)20-16-25(32)30-23(26-20)15-21(27-30)22-8-5-11-29(22)24(31)14-18-6-3-4-7-18/h3,6,15-19,22,27H,4-5,7-14H2,1-2H3/t18-,22-/m0/s1. The molecule has 2 aromatic heterocycles. The Bertz CT molecular complexity index is 1060. The Morgan fingerprint density at radius 2 is 1.97 bits per heavy atom. The minimum atomic E-state index is -0.0606. The quantitative estimate of drug-likeness (QED) is 0.725. The summed E-state index contributed by atoms with van der Waals surface area (Å²) in [5, 5.41) is 3.26. The summed E-state index contributed by atoms with van der Waals surface area (Å²) >= 11 is 0. The highest BCUT2D eigenvalue weighted by Gasteiger charge is 2.32. The molecule has 0 radical (unpaired) electrons. The van der Waals surface area contributed by atoms with Crippen molar-refractivity contribution >= 4 is 11.6 Å². The van der Waals surface area contributed by atoms with E-state index in [2.05, 4.69) is 36.0 Å². The number of amides is 1. The zero-order valence-corrected chi connectivity index (χ0v) is 19.3. The molecule has 2 atom stereocenters. The average molecular weight is 438 g/mol. The Morgan fingerprint density at radius 1 is 1.16 bits per heavy atom. The van der Waals surface area contributed by atoms with Gasteiger partial charge in [-0.15, -0.1) is 0 Å². The molecule has 172 valence electrons. The van der Waals surface area contributed by atoms with Crippen LogP contribution in [0.5, 0.6) is 0 Å². The minimum Gasteiger partial charge on any atom is -0.334 e. The number of rotatable bonds is 5. The summed E-state index contributed by atoms with van der Waals surface area (Å²) in [6.45, 7) is 7.37. The van der Waals surface area contributed by atoms with E-state index in [0.29, 0.717) is 29.9 Å². The smallest absolute Gasteiger partial charge is 0.272 e. The van der Waals surface area contributed by atoms with Crippen molar-refractivity contribution in [3.05, 3.63) is 46.0 Å². The number of aromatic amines is 1. The van der Waals surface area contributed by atoms with E-state index in [-0.39, 0.29) is 17.5 Å². The van der Waals surface area contributed by atoms with E-state index in [0.717, 1.165) is 69.5 Å². The molecule has 1 amide bonds. The third kappa shape index (κ3) is 4.15. The second-order valence-electron chi connectivity index (χ2n) is 10.0. The molecule has 0 aromatic carbocycles. The number of fused-ring (bicyclic) bond motifs is 1. The van der Waals surface area contributed by atoms with Crippen LogP contribution in [-0.2, 0) is 4.79 Å². The van der Waals surface area contributed by atoms with Crippen LogP contribution in [0.4, 0.5) is 0 Å². The lowest BCUT2D eigenvalue weighted by molar-refractivity contribution is -0.132. The fourth-order valence-electron chi connectivity index (χ4n) is 5.72. The average Bonchev–Trinajstić information content (AvgIpc) is 3.53. The Labute approximate surface area is 189 Å². The van der Waals surface area contributed by atoms with E-state index in [1.165, 1.54) is 0 Å². The molecule has 1 aliphatic carbocycles. The summed E-state index contributed by atoms with van der Waals surface area (Å²) in [7, 11) is 0. The molecule has 4 heterocycles. The molecule has 5 rings (SSSR count). The van der Waals surface area contributed by atoms with Crippen LogP contribution < -0.4 is 5.56 Å². The van der Waals surface area contributed by atoms with E-state index in [4.69, 9.17) is 4.98 Å². The van der Waals surface area contributed by atoms with Gasteiger partial charge in [0.15, 0.2) is 5.65 Å². The number of nitrogens with zero attached hydrogens (tertiary/aromatic N) is 4. The number of nitrogens with one attached hydrogen (secondary N) is 1. The number of allylic oxidation sites excluding steroid dienone is 2. The summed E-state index contributed by atoms with van der Waals surface area (Å²) in [6.07, 6.45) is 11.1. The highest BCUT2D eigenvalue weighted by atomic mass is 16.2. The molecular formula is C25H35N5O2. The number of piperidine rings is 1. The number of hydrogen-bond acceptors (Lipinski definition) is 4. The molecule has 7 heteroatoms. The van der Waals surface area contributed by atoms with Gasteiger partial charge in [-0.05, 0) is 71.4 Å². The van der Waals surface area contributed by atoms with Gasteiger partial charge in [0.2, 0.25) is 5.91 Å². The van der Waals surface area contributed by atoms with Gasteiger partial charge in [0.05, 0.1) is 17.4 Å². The first kappa shape index (κ1) is 21.4. The molecular weight excluding hydrogens is 402 g/mol. The third-order valence-electron chi connectivity index (χ3n) is 7.65. The largest absolute Gasteiger partial charge is 0.334 e. The van der Waals surface area contributed by atoms with E-state index in [9.17, 15) is 9.59 Å². The van der Waals surface area contributed by atoms with Crippen LogP contribution in [0.3, 0.4) is 0 Å². The van der Waals surface area contributed by atoms with Gasteiger partial charge < -0.3 is 9.80 Å². The van der Waals surface area contributed by atoms with Gasteiger partial charge in [-0.1, -0.05) is 12.2 Å². The Balaban J connectivity index is 1.35. The molecule has 32 heavy (non-hydrogen) atoms. The molecule has 2 saturated heterocycles. The molecule has 0 saturated carbocycles. The van der Waals surface area contributed by atoms with Gasteiger partial charge >= 0.3 is 0 Å². The van der Waals surface area contributed by atoms with Gasteiger partial charge in [-0.3, -0.25) is 14.7 Å². The van der Waals surface area contributed by atoms with Crippen LogP contribution >= 0.6 is 0 Å². The van der Waals surface area contributed by atoms with Crippen molar-refractivity contribution in [2.75, 3.05) is 19.6 Å². The fraction of sp³-hybridized carbons (Fsp3) is 0.640. The van der Waals surface area contributed by atoms with E-state index < -0.39 is 0 Å². The number of hydrogen-bond donors (Lipinski definition) is 1. The van der Waals surface area contributed by atoms with Crippen LogP contribution in [0.25, 0.3) is 5.65 Å². The van der Waals surface area contributed by atoms with Crippen molar-refractivity contribution in [1.82, 2.24) is 24.4 Å². The Kier molecular flexibility index (Phi) is 5.93. The van der Waals surface area contributed by atoms with Gasteiger partial charge in [-0.2, -0.15) is 0 Å². The van der Waals surface area contributed by atoms with Crippen molar-refractivity contribution in [3.63, 3.8) is 0 Å². The van der Waals surface area contributed by atoms with Gasteiger partial charge in [0, 0.05) is 37.1 Å². The van der Waals surface area contributed by atoms with E-state index in [1.807, 2.05) is 11.0 Å². The van der Waals surface area contributed by atoms with Crippen LogP contribution in [0.15, 0.2) is 29.1 Å².